The summed E-state index contributed by atoms with van der Waals surface area (Å²) in [6.07, 6.45) is 3.51. The summed E-state index contributed by atoms with van der Waals surface area (Å²) >= 11 is 0. The van der Waals surface area contributed by atoms with Gasteiger partial charge in [0, 0.05) is 25.2 Å². The molecule has 2 heterocycles. The van der Waals surface area contributed by atoms with Gasteiger partial charge in [0.25, 0.3) is 0 Å². The van der Waals surface area contributed by atoms with Gasteiger partial charge in [0.1, 0.15) is 5.82 Å². The fourth-order valence-corrected chi connectivity index (χ4v) is 3.23. The number of nitrogens with zero attached hydrogens (tertiary/aromatic N) is 3. The van der Waals surface area contributed by atoms with Gasteiger partial charge in [-0.05, 0) is 38.6 Å². The summed E-state index contributed by atoms with van der Waals surface area (Å²) in [5.74, 6) is 1.99. The number of anilines is 1. The highest BCUT2D eigenvalue weighted by molar-refractivity contribution is 5.52. The van der Waals surface area contributed by atoms with Crippen molar-refractivity contribution in [1.82, 2.24) is 9.78 Å². The molecule has 4 nitrogen and oxygen atoms in total. The van der Waals surface area contributed by atoms with Crippen LogP contribution in [0.25, 0.3) is 0 Å². The lowest BCUT2D eigenvalue weighted by atomic mass is 10.0. The van der Waals surface area contributed by atoms with Gasteiger partial charge in [-0.25, -0.2) is 0 Å². The van der Waals surface area contributed by atoms with Crippen molar-refractivity contribution in [3.05, 3.63) is 11.3 Å². The first-order chi connectivity index (χ1) is 8.56. The van der Waals surface area contributed by atoms with E-state index in [-0.39, 0.29) is 0 Å². The van der Waals surface area contributed by atoms with E-state index in [0.717, 1.165) is 18.7 Å². The molecule has 0 aromatic carbocycles. The maximum atomic E-state index is 5.75. The van der Waals surface area contributed by atoms with E-state index in [1.807, 2.05) is 4.68 Å². The van der Waals surface area contributed by atoms with Crippen LogP contribution in [0.1, 0.15) is 37.9 Å². The first-order valence-corrected chi connectivity index (χ1v) is 7.05. The molecule has 1 aromatic rings. The zero-order valence-corrected chi connectivity index (χ0v) is 12.1. The Labute approximate surface area is 110 Å². The zero-order valence-electron chi connectivity index (χ0n) is 12.1. The fraction of sp³-hybridized carbons (Fsp3) is 0.786. The molecule has 18 heavy (non-hydrogen) atoms. The van der Waals surface area contributed by atoms with E-state index in [4.69, 9.17) is 5.73 Å². The van der Waals surface area contributed by atoms with Gasteiger partial charge in [0.2, 0.25) is 0 Å². The minimum Gasteiger partial charge on any atom is -0.353 e. The van der Waals surface area contributed by atoms with Gasteiger partial charge >= 0.3 is 0 Å². The van der Waals surface area contributed by atoms with E-state index >= 15 is 0 Å². The number of nitrogens with two attached hydrogens (primary N) is 1. The van der Waals surface area contributed by atoms with E-state index in [0.29, 0.717) is 18.5 Å². The van der Waals surface area contributed by atoms with Crippen LogP contribution in [0.3, 0.4) is 0 Å². The molecule has 1 saturated heterocycles. The predicted octanol–water partition coefficient (Wildman–Crippen LogP) is 1.85. The molecular formula is C14H26N4. The van der Waals surface area contributed by atoms with Gasteiger partial charge in [-0.1, -0.05) is 13.8 Å². The molecule has 4 heteroatoms. The van der Waals surface area contributed by atoms with Gasteiger partial charge in [0.05, 0.1) is 5.69 Å². The smallest absolute Gasteiger partial charge is 0.130 e. The van der Waals surface area contributed by atoms with Crippen molar-refractivity contribution >= 4 is 5.82 Å². The SMILES string of the molecule is Cc1nn(C)c(N2CCCC2C(C)C)c1CCN. The van der Waals surface area contributed by atoms with Crippen LogP contribution in [-0.2, 0) is 13.5 Å². The molecule has 102 valence electrons. The molecule has 2 N–H and O–H groups in total. The lowest BCUT2D eigenvalue weighted by Crippen LogP contribution is -2.35. The first-order valence-electron chi connectivity index (χ1n) is 7.05. The lowest BCUT2D eigenvalue weighted by Gasteiger charge is -2.30. The van der Waals surface area contributed by atoms with Crippen molar-refractivity contribution in [2.75, 3.05) is 18.0 Å². The van der Waals surface area contributed by atoms with Crippen LogP contribution in [0, 0.1) is 12.8 Å². The quantitative estimate of drug-likeness (QED) is 0.887. The van der Waals surface area contributed by atoms with E-state index in [1.165, 1.54) is 24.2 Å². The Morgan fingerprint density at radius 1 is 1.44 bits per heavy atom. The molecule has 1 aliphatic heterocycles. The third-order valence-electron chi connectivity index (χ3n) is 4.05. The largest absolute Gasteiger partial charge is 0.353 e. The van der Waals surface area contributed by atoms with Gasteiger partial charge in [-0.3, -0.25) is 4.68 Å². The van der Waals surface area contributed by atoms with Gasteiger partial charge in [-0.15, -0.1) is 0 Å². The van der Waals surface area contributed by atoms with E-state index < -0.39 is 0 Å². The molecule has 2 rings (SSSR count). The topological polar surface area (TPSA) is 47.1 Å². The van der Waals surface area contributed by atoms with Crippen LogP contribution in [0.4, 0.5) is 5.82 Å². The number of hydrogen-bond acceptors (Lipinski definition) is 3. The molecule has 0 aliphatic carbocycles. The van der Waals surface area contributed by atoms with Gasteiger partial charge in [0.15, 0.2) is 0 Å². The minimum absolute atomic E-state index is 0.649. The number of hydrogen-bond donors (Lipinski definition) is 1. The van der Waals surface area contributed by atoms with Crippen LogP contribution in [-0.4, -0.2) is 28.9 Å². The number of rotatable bonds is 4. The third-order valence-corrected chi connectivity index (χ3v) is 4.05. The van der Waals surface area contributed by atoms with E-state index in [9.17, 15) is 0 Å². The van der Waals surface area contributed by atoms with Gasteiger partial charge in [-0.2, -0.15) is 5.10 Å². The fourth-order valence-electron chi connectivity index (χ4n) is 3.23. The van der Waals surface area contributed by atoms with E-state index in [2.05, 4.69) is 37.8 Å². The summed E-state index contributed by atoms with van der Waals surface area (Å²) in [4.78, 5) is 2.55. The molecule has 1 aliphatic rings. The summed E-state index contributed by atoms with van der Waals surface area (Å²) in [6, 6.07) is 0.649. The lowest BCUT2D eigenvalue weighted by molar-refractivity contribution is 0.484. The highest BCUT2D eigenvalue weighted by Gasteiger charge is 2.31. The van der Waals surface area contributed by atoms with Crippen molar-refractivity contribution in [2.24, 2.45) is 18.7 Å². The summed E-state index contributed by atoms with van der Waals surface area (Å²) < 4.78 is 2.04. The van der Waals surface area contributed by atoms with Crippen molar-refractivity contribution < 1.29 is 0 Å². The maximum Gasteiger partial charge on any atom is 0.130 e. The van der Waals surface area contributed by atoms with Crippen LogP contribution >= 0.6 is 0 Å². The summed E-state index contributed by atoms with van der Waals surface area (Å²) in [6.45, 7) is 8.57. The first kappa shape index (κ1) is 13.4. The molecule has 1 atom stereocenters. The predicted molar refractivity (Wildman–Crippen MR) is 75.9 cm³/mol. The Morgan fingerprint density at radius 2 is 2.17 bits per heavy atom. The molecule has 0 spiro atoms. The summed E-state index contributed by atoms with van der Waals surface area (Å²) in [5.41, 5.74) is 8.22. The second kappa shape index (κ2) is 5.31. The minimum atomic E-state index is 0.649. The molecular weight excluding hydrogens is 224 g/mol. The maximum absolute atomic E-state index is 5.75. The van der Waals surface area contributed by atoms with Crippen LogP contribution < -0.4 is 10.6 Å². The molecule has 1 unspecified atom stereocenters. The molecule has 0 bridgehead atoms. The standard InChI is InChI=1S/C14H26N4/c1-10(2)13-6-5-9-18(13)14-12(7-8-15)11(3)16-17(14)4/h10,13H,5-9,15H2,1-4H3. The number of aromatic nitrogens is 2. The van der Waals surface area contributed by atoms with E-state index in [1.54, 1.807) is 0 Å². The third kappa shape index (κ3) is 2.26. The average molecular weight is 250 g/mol. The zero-order chi connectivity index (χ0) is 13.3. The highest BCUT2D eigenvalue weighted by atomic mass is 15.4. The van der Waals surface area contributed by atoms with Crippen LogP contribution in [0.5, 0.6) is 0 Å². The second-order valence-corrected chi connectivity index (χ2v) is 5.70. The van der Waals surface area contributed by atoms with Gasteiger partial charge < -0.3 is 10.6 Å². The molecule has 0 saturated carbocycles. The average Bonchev–Trinajstić information content (AvgIpc) is 2.85. The Bertz CT molecular complexity index is 408. The molecule has 0 amide bonds. The Hall–Kier alpha value is -1.03. The summed E-state index contributed by atoms with van der Waals surface area (Å²) in [5, 5.41) is 4.59. The van der Waals surface area contributed by atoms with Crippen molar-refractivity contribution in [3.8, 4) is 0 Å². The van der Waals surface area contributed by atoms with Crippen molar-refractivity contribution in [3.63, 3.8) is 0 Å². The Morgan fingerprint density at radius 3 is 2.78 bits per heavy atom. The Balaban J connectivity index is 2.37. The second-order valence-electron chi connectivity index (χ2n) is 5.70. The molecule has 1 fully saturated rings. The van der Waals surface area contributed by atoms with Crippen molar-refractivity contribution in [2.45, 2.75) is 46.1 Å². The monoisotopic (exact) mass is 250 g/mol. The van der Waals surface area contributed by atoms with Crippen molar-refractivity contribution in [1.29, 1.82) is 0 Å². The highest BCUT2D eigenvalue weighted by Crippen LogP contribution is 2.33. The number of aryl methyl sites for hydroxylation is 2. The summed E-state index contributed by atoms with van der Waals surface area (Å²) in [7, 11) is 2.05. The normalized spacial score (nSPS) is 20.1. The Kier molecular flexibility index (Phi) is 3.95. The van der Waals surface area contributed by atoms with Crippen LogP contribution in [0.15, 0.2) is 0 Å². The van der Waals surface area contributed by atoms with Crippen LogP contribution in [0.2, 0.25) is 0 Å². The molecule has 1 aromatic heterocycles. The molecule has 0 radical (unpaired) electrons.